The Kier molecular flexibility index (Phi) is 4.62. The number of benzene rings is 1. The number of nitrogens with one attached hydrogen (secondary N) is 1. The van der Waals surface area contributed by atoms with E-state index in [1.165, 1.54) is 50.5 Å². The van der Waals surface area contributed by atoms with E-state index in [-0.39, 0.29) is 11.3 Å². The van der Waals surface area contributed by atoms with E-state index in [2.05, 4.69) is 35.6 Å². The van der Waals surface area contributed by atoms with Crippen LogP contribution >= 0.6 is 0 Å². The second kappa shape index (κ2) is 6.64. The normalized spacial score (nSPS) is 22.1. The number of carbonyl (C=O) groups is 1. The van der Waals surface area contributed by atoms with E-state index in [1.807, 2.05) is 0 Å². The molecule has 21 heavy (non-hydrogen) atoms. The molecular formula is C19H27NO. The van der Waals surface area contributed by atoms with Gasteiger partial charge in [0, 0.05) is 17.9 Å². The van der Waals surface area contributed by atoms with Crippen molar-refractivity contribution in [2.75, 3.05) is 6.54 Å². The molecule has 2 heteroatoms. The van der Waals surface area contributed by atoms with Crippen molar-refractivity contribution in [2.45, 2.75) is 63.2 Å². The van der Waals surface area contributed by atoms with Gasteiger partial charge in [-0.2, -0.15) is 0 Å². The third kappa shape index (κ3) is 3.30. The number of rotatable bonds is 4. The van der Waals surface area contributed by atoms with E-state index in [4.69, 9.17) is 0 Å². The lowest BCUT2D eigenvalue weighted by Gasteiger charge is -2.31. The molecule has 114 valence electrons. The van der Waals surface area contributed by atoms with Crippen LogP contribution in [0.15, 0.2) is 30.3 Å². The quantitative estimate of drug-likeness (QED) is 0.882. The van der Waals surface area contributed by atoms with Gasteiger partial charge in [0.25, 0.3) is 0 Å². The molecule has 2 aliphatic carbocycles. The smallest absolute Gasteiger partial charge is 0.223 e. The summed E-state index contributed by atoms with van der Waals surface area (Å²) in [7, 11) is 0. The third-order valence-corrected chi connectivity index (χ3v) is 5.52. The first-order valence-electron chi connectivity index (χ1n) is 8.63. The number of hydrogen-bond donors (Lipinski definition) is 1. The largest absolute Gasteiger partial charge is 0.355 e. The first kappa shape index (κ1) is 14.6. The van der Waals surface area contributed by atoms with Crippen LogP contribution in [0.25, 0.3) is 0 Å². The van der Waals surface area contributed by atoms with Gasteiger partial charge in [-0.05, 0) is 31.2 Å². The van der Waals surface area contributed by atoms with Crippen LogP contribution in [0.4, 0.5) is 0 Å². The van der Waals surface area contributed by atoms with E-state index in [9.17, 15) is 4.79 Å². The van der Waals surface area contributed by atoms with Crippen LogP contribution in [0.3, 0.4) is 0 Å². The minimum Gasteiger partial charge on any atom is -0.355 e. The van der Waals surface area contributed by atoms with Crippen molar-refractivity contribution in [3.8, 4) is 0 Å². The van der Waals surface area contributed by atoms with Crippen molar-refractivity contribution in [2.24, 2.45) is 5.92 Å². The second-order valence-electron chi connectivity index (χ2n) is 6.91. The van der Waals surface area contributed by atoms with E-state index in [1.54, 1.807) is 0 Å². The summed E-state index contributed by atoms with van der Waals surface area (Å²) in [6.45, 7) is 0.826. The number of hydrogen-bond acceptors (Lipinski definition) is 1. The van der Waals surface area contributed by atoms with Gasteiger partial charge in [0.15, 0.2) is 0 Å². The van der Waals surface area contributed by atoms with E-state index >= 15 is 0 Å². The molecule has 0 aromatic heterocycles. The van der Waals surface area contributed by atoms with Gasteiger partial charge >= 0.3 is 0 Å². The van der Waals surface area contributed by atoms with Gasteiger partial charge in [0.2, 0.25) is 5.91 Å². The Bertz CT molecular complexity index is 456. The van der Waals surface area contributed by atoms with Gasteiger partial charge in [0.1, 0.15) is 0 Å². The fraction of sp³-hybridized carbons (Fsp3) is 0.632. The van der Waals surface area contributed by atoms with Crippen molar-refractivity contribution in [1.82, 2.24) is 5.32 Å². The van der Waals surface area contributed by atoms with E-state index in [0.717, 1.165) is 19.4 Å². The maximum atomic E-state index is 12.4. The molecule has 0 unspecified atom stereocenters. The molecule has 0 aliphatic heterocycles. The molecule has 0 radical (unpaired) electrons. The maximum Gasteiger partial charge on any atom is 0.223 e. The molecule has 2 saturated carbocycles. The molecule has 2 nitrogen and oxygen atoms in total. The minimum atomic E-state index is 0.186. The lowest BCUT2D eigenvalue weighted by molar-refractivity contribution is -0.126. The molecule has 1 aromatic rings. The highest BCUT2D eigenvalue weighted by Gasteiger charge is 2.36. The molecule has 0 atom stereocenters. The highest BCUT2D eigenvalue weighted by molar-refractivity contribution is 5.78. The Morgan fingerprint density at radius 2 is 1.67 bits per heavy atom. The molecular weight excluding hydrogens is 258 g/mol. The standard InChI is InChI=1S/C19H27NO/c21-18(16-9-3-1-4-10-16)20-15-19(13-7-8-14-19)17-11-5-2-6-12-17/h2,5-6,11-12,16H,1,3-4,7-10,13-15H2,(H,20,21). The van der Waals surface area contributed by atoms with Crippen LogP contribution in [0, 0.1) is 5.92 Å². The van der Waals surface area contributed by atoms with Crippen LogP contribution in [0.1, 0.15) is 63.4 Å². The first-order valence-corrected chi connectivity index (χ1v) is 8.63. The molecule has 2 fully saturated rings. The third-order valence-electron chi connectivity index (χ3n) is 5.52. The average Bonchev–Trinajstić information content (AvgIpc) is 3.04. The Hall–Kier alpha value is -1.31. The van der Waals surface area contributed by atoms with Crippen LogP contribution < -0.4 is 5.32 Å². The number of carbonyl (C=O) groups excluding carboxylic acids is 1. The summed E-state index contributed by atoms with van der Waals surface area (Å²) in [4.78, 5) is 12.4. The zero-order chi connectivity index (χ0) is 14.5. The Balaban J connectivity index is 1.64. The summed E-state index contributed by atoms with van der Waals surface area (Å²) >= 11 is 0. The van der Waals surface area contributed by atoms with Crippen molar-refractivity contribution < 1.29 is 4.79 Å². The molecule has 2 aliphatic rings. The number of amides is 1. The van der Waals surface area contributed by atoms with Crippen molar-refractivity contribution >= 4 is 5.91 Å². The van der Waals surface area contributed by atoms with Gasteiger partial charge in [-0.3, -0.25) is 4.79 Å². The van der Waals surface area contributed by atoms with Gasteiger partial charge < -0.3 is 5.32 Å². The summed E-state index contributed by atoms with van der Waals surface area (Å²) in [5.74, 6) is 0.574. The van der Waals surface area contributed by atoms with Gasteiger partial charge in [-0.1, -0.05) is 62.4 Å². The first-order chi connectivity index (χ1) is 10.3. The van der Waals surface area contributed by atoms with Gasteiger partial charge in [-0.25, -0.2) is 0 Å². The topological polar surface area (TPSA) is 29.1 Å². The predicted molar refractivity (Wildman–Crippen MR) is 86.2 cm³/mol. The molecule has 1 N–H and O–H groups in total. The molecule has 0 saturated heterocycles. The van der Waals surface area contributed by atoms with Crippen molar-refractivity contribution in [1.29, 1.82) is 0 Å². The summed E-state index contributed by atoms with van der Waals surface area (Å²) in [5, 5.41) is 3.29. The fourth-order valence-corrected chi connectivity index (χ4v) is 4.18. The Morgan fingerprint density at radius 3 is 2.33 bits per heavy atom. The maximum absolute atomic E-state index is 12.4. The van der Waals surface area contributed by atoms with Crippen LogP contribution in [-0.2, 0) is 10.2 Å². The predicted octanol–water partition coefficient (Wildman–Crippen LogP) is 4.19. The zero-order valence-electron chi connectivity index (χ0n) is 12.9. The van der Waals surface area contributed by atoms with E-state index in [0.29, 0.717) is 5.91 Å². The molecule has 1 aromatic carbocycles. The van der Waals surface area contributed by atoms with Crippen LogP contribution in [0.5, 0.6) is 0 Å². The SMILES string of the molecule is O=C(NCC1(c2ccccc2)CCCC1)C1CCCCC1. The molecule has 0 heterocycles. The minimum absolute atomic E-state index is 0.186. The molecule has 3 rings (SSSR count). The van der Waals surface area contributed by atoms with Crippen LogP contribution in [-0.4, -0.2) is 12.5 Å². The lowest BCUT2D eigenvalue weighted by atomic mass is 9.78. The summed E-state index contributed by atoms with van der Waals surface area (Å²) in [6, 6.07) is 10.8. The summed E-state index contributed by atoms with van der Waals surface area (Å²) in [5.41, 5.74) is 1.59. The molecule has 1 amide bonds. The Morgan fingerprint density at radius 1 is 1.00 bits per heavy atom. The van der Waals surface area contributed by atoms with Crippen LogP contribution in [0.2, 0.25) is 0 Å². The molecule has 0 bridgehead atoms. The lowest BCUT2D eigenvalue weighted by Crippen LogP contribution is -2.41. The highest BCUT2D eigenvalue weighted by Crippen LogP contribution is 2.40. The monoisotopic (exact) mass is 285 g/mol. The average molecular weight is 285 g/mol. The second-order valence-corrected chi connectivity index (χ2v) is 6.91. The molecule has 0 spiro atoms. The highest BCUT2D eigenvalue weighted by atomic mass is 16.1. The summed E-state index contributed by atoms with van der Waals surface area (Å²) < 4.78 is 0. The van der Waals surface area contributed by atoms with Gasteiger partial charge in [0.05, 0.1) is 0 Å². The summed E-state index contributed by atoms with van der Waals surface area (Å²) in [6.07, 6.45) is 10.9. The fourth-order valence-electron chi connectivity index (χ4n) is 4.18. The zero-order valence-corrected chi connectivity index (χ0v) is 12.9. The van der Waals surface area contributed by atoms with Gasteiger partial charge in [-0.15, -0.1) is 0 Å². The van der Waals surface area contributed by atoms with Crippen molar-refractivity contribution in [3.05, 3.63) is 35.9 Å². The Labute approximate surface area is 128 Å². The van der Waals surface area contributed by atoms with E-state index < -0.39 is 0 Å². The van der Waals surface area contributed by atoms with Crippen molar-refractivity contribution in [3.63, 3.8) is 0 Å².